The lowest BCUT2D eigenvalue weighted by Crippen LogP contribution is -2.20. The van der Waals surface area contributed by atoms with Crippen molar-refractivity contribution in [3.8, 4) is 22.9 Å². The highest BCUT2D eigenvalue weighted by Gasteiger charge is 2.16. The molecule has 3 aromatic rings. The molecule has 1 unspecified atom stereocenters. The first-order valence-electron chi connectivity index (χ1n) is 10.3. The van der Waals surface area contributed by atoms with E-state index in [-0.39, 0.29) is 6.61 Å². The van der Waals surface area contributed by atoms with Crippen molar-refractivity contribution in [2.24, 2.45) is 0 Å². The summed E-state index contributed by atoms with van der Waals surface area (Å²) in [5, 5.41) is 20.0. The first-order chi connectivity index (χ1) is 15.1. The molecule has 7 heteroatoms. The molecule has 0 radical (unpaired) electrons. The Kier molecular flexibility index (Phi) is 8.14. The van der Waals surface area contributed by atoms with Crippen molar-refractivity contribution in [2.75, 3.05) is 19.5 Å². The van der Waals surface area contributed by atoms with E-state index in [2.05, 4.69) is 40.7 Å². The Morgan fingerprint density at radius 2 is 1.97 bits per heavy atom. The zero-order valence-electron chi connectivity index (χ0n) is 18.4. The summed E-state index contributed by atoms with van der Waals surface area (Å²) >= 11 is 1.47. The molecule has 1 aromatic heterocycles. The maximum absolute atomic E-state index is 10.5. The topological polar surface area (TPSA) is 69.4 Å². The van der Waals surface area contributed by atoms with Crippen LogP contribution in [0.3, 0.4) is 0 Å². The van der Waals surface area contributed by atoms with E-state index in [1.54, 1.807) is 7.11 Å². The molecule has 0 aliphatic carbocycles. The van der Waals surface area contributed by atoms with Crippen molar-refractivity contribution in [3.63, 3.8) is 0 Å². The zero-order valence-corrected chi connectivity index (χ0v) is 19.2. The van der Waals surface area contributed by atoms with Crippen LogP contribution in [0.25, 0.3) is 17.5 Å². The number of benzene rings is 2. The maximum atomic E-state index is 10.5. The summed E-state index contributed by atoms with van der Waals surface area (Å²) in [6.45, 7) is 7.02. The molecule has 1 atom stereocenters. The van der Waals surface area contributed by atoms with Gasteiger partial charge in [-0.3, -0.25) is 0 Å². The van der Waals surface area contributed by atoms with E-state index in [0.717, 1.165) is 34.2 Å². The third kappa shape index (κ3) is 5.68. The molecule has 0 spiro atoms. The second-order valence-corrected chi connectivity index (χ2v) is 8.04. The number of hydrogen-bond donors (Lipinski definition) is 1. The van der Waals surface area contributed by atoms with Crippen LogP contribution in [0.5, 0.6) is 11.5 Å². The molecule has 0 fully saturated rings. The third-order valence-electron chi connectivity index (χ3n) is 4.80. The minimum Gasteiger partial charge on any atom is -0.493 e. The quantitative estimate of drug-likeness (QED) is 0.456. The molecule has 0 aliphatic heterocycles. The van der Waals surface area contributed by atoms with Gasteiger partial charge in [0.25, 0.3) is 0 Å². The molecule has 31 heavy (non-hydrogen) atoms. The summed E-state index contributed by atoms with van der Waals surface area (Å²) in [6, 6.07) is 13.9. The Morgan fingerprint density at radius 1 is 1.16 bits per heavy atom. The van der Waals surface area contributed by atoms with E-state index in [9.17, 15) is 5.11 Å². The Morgan fingerprint density at radius 3 is 2.68 bits per heavy atom. The second kappa shape index (κ2) is 11.0. The fraction of sp³-hybridized carbons (Fsp3) is 0.333. The molecule has 0 saturated carbocycles. The number of aryl methyl sites for hydroxylation is 1. The molecule has 0 bridgehead atoms. The average Bonchev–Trinajstić information content (AvgIpc) is 3.19. The highest BCUT2D eigenvalue weighted by Crippen LogP contribution is 2.29. The molecule has 1 heterocycles. The van der Waals surface area contributed by atoms with E-state index in [1.165, 1.54) is 11.8 Å². The maximum Gasteiger partial charge on any atom is 0.191 e. The average molecular weight is 440 g/mol. The van der Waals surface area contributed by atoms with Gasteiger partial charge in [-0.25, -0.2) is 0 Å². The van der Waals surface area contributed by atoms with Crippen LogP contribution in [0.15, 0.2) is 53.7 Å². The number of nitrogens with zero attached hydrogens (tertiary/aromatic N) is 3. The summed E-state index contributed by atoms with van der Waals surface area (Å²) in [5.74, 6) is 2.55. The highest BCUT2D eigenvalue weighted by molar-refractivity contribution is 7.99. The van der Waals surface area contributed by atoms with Crippen LogP contribution >= 0.6 is 11.8 Å². The molecule has 1 N–H and O–H groups in total. The van der Waals surface area contributed by atoms with E-state index in [4.69, 9.17) is 9.47 Å². The first-order valence-corrected chi connectivity index (χ1v) is 11.3. The van der Waals surface area contributed by atoms with Crippen molar-refractivity contribution in [1.29, 1.82) is 0 Å². The Balaban J connectivity index is 1.62. The third-order valence-corrected chi connectivity index (χ3v) is 5.91. The van der Waals surface area contributed by atoms with E-state index < -0.39 is 6.10 Å². The summed E-state index contributed by atoms with van der Waals surface area (Å²) in [5.41, 5.74) is 3.26. The van der Waals surface area contributed by atoms with Crippen LogP contribution in [0.1, 0.15) is 25.0 Å². The highest BCUT2D eigenvalue weighted by atomic mass is 32.2. The number of rotatable bonds is 10. The van der Waals surface area contributed by atoms with Gasteiger partial charge in [-0.05, 0) is 44.0 Å². The molecule has 2 aromatic carbocycles. The molecule has 164 valence electrons. The second-order valence-electron chi connectivity index (χ2n) is 7.05. The Hall–Kier alpha value is -2.77. The van der Waals surface area contributed by atoms with Crippen LogP contribution in [-0.4, -0.2) is 45.4 Å². The van der Waals surface area contributed by atoms with Gasteiger partial charge in [-0.2, -0.15) is 0 Å². The predicted octanol–water partition coefficient (Wildman–Crippen LogP) is 4.85. The van der Waals surface area contributed by atoms with Gasteiger partial charge in [0.05, 0.1) is 13.2 Å². The monoisotopic (exact) mass is 439 g/mol. The number of aliphatic hydroxyl groups excluding tert-OH is 1. The Bertz CT molecular complexity index is 1030. The van der Waals surface area contributed by atoms with Gasteiger partial charge < -0.3 is 19.1 Å². The lowest BCUT2D eigenvalue weighted by atomic mass is 10.1. The molecule has 0 aliphatic rings. The van der Waals surface area contributed by atoms with Gasteiger partial charge in [0.2, 0.25) is 0 Å². The van der Waals surface area contributed by atoms with Gasteiger partial charge >= 0.3 is 0 Å². The smallest absolute Gasteiger partial charge is 0.191 e. The van der Waals surface area contributed by atoms with Gasteiger partial charge in [0.1, 0.15) is 6.61 Å². The number of hydrogen-bond acceptors (Lipinski definition) is 6. The predicted molar refractivity (Wildman–Crippen MR) is 126 cm³/mol. The van der Waals surface area contributed by atoms with Crippen molar-refractivity contribution >= 4 is 17.8 Å². The minimum absolute atomic E-state index is 0.164. The summed E-state index contributed by atoms with van der Waals surface area (Å²) in [6.07, 6.45) is 3.30. The number of allylic oxidation sites excluding steroid dienone is 1. The van der Waals surface area contributed by atoms with Gasteiger partial charge in [0.15, 0.2) is 22.5 Å². The van der Waals surface area contributed by atoms with E-state index in [1.807, 2.05) is 49.4 Å². The number of aliphatic hydroxyl groups is 1. The number of ether oxygens (including phenoxy) is 2. The lowest BCUT2D eigenvalue weighted by molar-refractivity contribution is 0.124. The fourth-order valence-electron chi connectivity index (χ4n) is 3.21. The zero-order chi connectivity index (χ0) is 22.2. The van der Waals surface area contributed by atoms with Crippen LogP contribution < -0.4 is 9.47 Å². The van der Waals surface area contributed by atoms with Crippen LogP contribution in [0.2, 0.25) is 0 Å². The number of thioether (sulfide) groups is 1. The van der Waals surface area contributed by atoms with Crippen LogP contribution in [-0.2, 0) is 6.54 Å². The summed E-state index contributed by atoms with van der Waals surface area (Å²) in [4.78, 5) is 0. The van der Waals surface area contributed by atoms with Gasteiger partial charge in [-0.15, -0.1) is 10.2 Å². The first kappa shape index (κ1) is 22.9. The molecular weight excluding hydrogens is 410 g/mol. The van der Waals surface area contributed by atoms with Crippen LogP contribution in [0.4, 0.5) is 0 Å². The van der Waals surface area contributed by atoms with Gasteiger partial charge in [-0.1, -0.05) is 54.2 Å². The Labute approximate surface area is 187 Å². The molecule has 0 amide bonds. The molecule has 6 nitrogen and oxygen atoms in total. The van der Waals surface area contributed by atoms with Crippen molar-refractivity contribution in [1.82, 2.24) is 14.8 Å². The summed E-state index contributed by atoms with van der Waals surface area (Å²) in [7, 11) is 1.61. The van der Waals surface area contributed by atoms with Crippen molar-refractivity contribution in [3.05, 3.63) is 59.7 Å². The summed E-state index contributed by atoms with van der Waals surface area (Å²) < 4.78 is 13.3. The largest absolute Gasteiger partial charge is 0.493 e. The normalized spacial score (nSPS) is 12.3. The molecular formula is C24H29N3O3S. The van der Waals surface area contributed by atoms with E-state index >= 15 is 0 Å². The van der Waals surface area contributed by atoms with Crippen molar-refractivity contribution < 1.29 is 14.6 Å². The van der Waals surface area contributed by atoms with Crippen molar-refractivity contribution in [2.45, 2.75) is 38.6 Å². The van der Waals surface area contributed by atoms with E-state index in [0.29, 0.717) is 17.3 Å². The SMILES string of the molecule is C/C=C/c1ccc(OCC(O)CSc2nnc(-c3ccccc3C)n2CC)c(OC)c1. The number of methoxy groups -OCH3 is 1. The lowest BCUT2D eigenvalue weighted by Gasteiger charge is -2.15. The molecule has 3 rings (SSSR count). The van der Waals surface area contributed by atoms with Gasteiger partial charge in [0, 0.05) is 17.9 Å². The standard InChI is InChI=1S/C24H29N3O3S/c1-5-9-18-12-13-21(22(14-18)29-4)30-15-19(28)16-31-24-26-25-23(27(24)6-2)20-11-8-7-10-17(20)3/h5,7-14,19,28H,6,15-16H2,1-4H3/b9-5+. The fourth-order valence-corrected chi connectivity index (χ4v) is 4.12. The molecule has 0 saturated heterocycles. The van der Waals surface area contributed by atoms with Crippen LogP contribution in [0, 0.1) is 6.92 Å². The number of aromatic nitrogens is 3. The minimum atomic E-state index is -0.658.